The van der Waals surface area contributed by atoms with Gasteiger partial charge >= 0.3 is 0 Å². The topological polar surface area (TPSA) is 75.5 Å². The number of nitro benzene ring substituents is 1. The van der Waals surface area contributed by atoms with Crippen molar-refractivity contribution >= 4 is 11.6 Å². The first kappa shape index (κ1) is 17.1. The van der Waals surface area contributed by atoms with E-state index in [0.29, 0.717) is 25.2 Å². The lowest BCUT2D eigenvalue weighted by Crippen LogP contribution is -2.42. The van der Waals surface area contributed by atoms with Gasteiger partial charge in [-0.2, -0.15) is 0 Å². The zero-order valence-electron chi connectivity index (χ0n) is 13.0. The Labute approximate surface area is 125 Å². The van der Waals surface area contributed by atoms with Crippen LogP contribution in [0.15, 0.2) is 24.3 Å². The van der Waals surface area contributed by atoms with Gasteiger partial charge in [0, 0.05) is 31.2 Å². The molecule has 0 aliphatic heterocycles. The SMILES string of the molecule is CC(C)N(CCNC(=O)c1ccccc1[N+](=O)[O-])C(C)C. The first-order valence-electron chi connectivity index (χ1n) is 7.12. The van der Waals surface area contributed by atoms with Gasteiger partial charge < -0.3 is 5.32 Å². The van der Waals surface area contributed by atoms with Crippen molar-refractivity contribution in [2.45, 2.75) is 39.8 Å². The summed E-state index contributed by atoms with van der Waals surface area (Å²) in [4.78, 5) is 24.7. The van der Waals surface area contributed by atoms with E-state index in [4.69, 9.17) is 0 Å². The van der Waals surface area contributed by atoms with Gasteiger partial charge in [0.2, 0.25) is 0 Å². The molecule has 0 bridgehead atoms. The Bertz CT molecular complexity index is 493. The van der Waals surface area contributed by atoms with E-state index < -0.39 is 10.8 Å². The highest BCUT2D eigenvalue weighted by molar-refractivity contribution is 5.98. The summed E-state index contributed by atoms with van der Waals surface area (Å²) >= 11 is 0. The van der Waals surface area contributed by atoms with E-state index in [2.05, 4.69) is 37.9 Å². The van der Waals surface area contributed by atoms with Crippen LogP contribution < -0.4 is 5.32 Å². The molecule has 0 aromatic heterocycles. The largest absolute Gasteiger partial charge is 0.351 e. The quantitative estimate of drug-likeness (QED) is 0.619. The van der Waals surface area contributed by atoms with Crippen LogP contribution in [-0.2, 0) is 0 Å². The van der Waals surface area contributed by atoms with E-state index in [-0.39, 0.29) is 11.3 Å². The molecule has 1 aromatic carbocycles. The predicted octanol–water partition coefficient (Wildman–Crippen LogP) is 2.44. The van der Waals surface area contributed by atoms with Crippen LogP contribution in [0, 0.1) is 10.1 Å². The fourth-order valence-electron chi connectivity index (χ4n) is 2.33. The molecule has 0 saturated heterocycles. The van der Waals surface area contributed by atoms with Gasteiger partial charge in [-0.3, -0.25) is 19.8 Å². The van der Waals surface area contributed by atoms with Gasteiger partial charge in [0.15, 0.2) is 0 Å². The molecule has 1 aromatic rings. The fourth-order valence-corrected chi connectivity index (χ4v) is 2.33. The maximum atomic E-state index is 12.1. The highest BCUT2D eigenvalue weighted by atomic mass is 16.6. The summed E-state index contributed by atoms with van der Waals surface area (Å²) in [6.07, 6.45) is 0. The van der Waals surface area contributed by atoms with Crippen molar-refractivity contribution in [1.82, 2.24) is 10.2 Å². The molecule has 1 rings (SSSR count). The number of carbonyl (C=O) groups excluding carboxylic acids is 1. The molecule has 0 aliphatic rings. The molecule has 0 fully saturated rings. The second kappa shape index (κ2) is 7.73. The van der Waals surface area contributed by atoms with E-state index in [1.807, 2.05) is 0 Å². The number of amides is 1. The first-order chi connectivity index (χ1) is 9.84. The minimum atomic E-state index is -0.538. The Balaban J connectivity index is 2.65. The number of hydrogen-bond acceptors (Lipinski definition) is 4. The van der Waals surface area contributed by atoms with Gasteiger partial charge in [-0.1, -0.05) is 12.1 Å². The number of nitrogens with one attached hydrogen (secondary N) is 1. The van der Waals surface area contributed by atoms with Gasteiger partial charge in [-0.25, -0.2) is 0 Å². The highest BCUT2D eigenvalue weighted by Gasteiger charge is 2.19. The summed E-state index contributed by atoms with van der Waals surface area (Å²) < 4.78 is 0. The third-order valence-corrected chi connectivity index (χ3v) is 3.33. The van der Waals surface area contributed by atoms with Crippen LogP contribution in [0.3, 0.4) is 0 Å². The standard InChI is InChI=1S/C15H23N3O3/c1-11(2)17(12(3)4)10-9-16-15(19)13-7-5-6-8-14(13)18(20)21/h5-8,11-12H,9-10H2,1-4H3,(H,16,19). The fraction of sp³-hybridized carbons (Fsp3) is 0.533. The molecule has 0 atom stereocenters. The monoisotopic (exact) mass is 293 g/mol. The smallest absolute Gasteiger partial charge is 0.282 e. The van der Waals surface area contributed by atoms with Crippen molar-refractivity contribution in [3.05, 3.63) is 39.9 Å². The third kappa shape index (κ3) is 4.82. The molecule has 0 radical (unpaired) electrons. The Kier molecular flexibility index (Phi) is 6.30. The first-order valence-corrected chi connectivity index (χ1v) is 7.12. The maximum absolute atomic E-state index is 12.1. The van der Waals surface area contributed by atoms with Crippen molar-refractivity contribution in [2.24, 2.45) is 0 Å². The number of benzene rings is 1. The van der Waals surface area contributed by atoms with Crippen LogP contribution in [0.2, 0.25) is 0 Å². The lowest BCUT2D eigenvalue weighted by Gasteiger charge is -2.30. The second-order valence-electron chi connectivity index (χ2n) is 5.46. The predicted molar refractivity (Wildman–Crippen MR) is 82.4 cm³/mol. The van der Waals surface area contributed by atoms with Crippen molar-refractivity contribution in [1.29, 1.82) is 0 Å². The van der Waals surface area contributed by atoms with Crippen LogP contribution in [0.1, 0.15) is 38.1 Å². The summed E-state index contributed by atoms with van der Waals surface area (Å²) in [5.74, 6) is -0.408. The molecule has 0 heterocycles. The molecule has 1 amide bonds. The number of nitro groups is 1. The average Bonchev–Trinajstić information content (AvgIpc) is 2.42. The summed E-state index contributed by atoms with van der Waals surface area (Å²) in [6, 6.07) is 6.74. The number of hydrogen-bond donors (Lipinski definition) is 1. The van der Waals surface area contributed by atoms with Crippen molar-refractivity contribution in [3.8, 4) is 0 Å². The number of para-hydroxylation sites is 1. The van der Waals surface area contributed by atoms with Gasteiger partial charge in [0.1, 0.15) is 5.56 Å². The number of carbonyl (C=O) groups is 1. The molecule has 0 saturated carbocycles. The van der Waals surface area contributed by atoms with Crippen LogP contribution in [-0.4, -0.2) is 40.9 Å². The minimum Gasteiger partial charge on any atom is -0.351 e. The summed E-state index contributed by atoms with van der Waals surface area (Å²) in [6.45, 7) is 9.57. The second-order valence-corrected chi connectivity index (χ2v) is 5.46. The lowest BCUT2D eigenvalue weighted by molar-refractivity contribution is -0.385. The third-order valence-electron chi connectivity index (χ3n) is 3.33. The molecule has 0 unspecified atom stereocenters. The zero-order chi connectivity index (χ0) is 16.0. The molecular weight excluding hydrogens is 270 g/mol. The molecule has 6 nitrogen and oxygen atoms in total. The van der Waals surface area contributed by atoms with Crippen molar-refractivity contribution < 1.29 is 9.72 Å². The Morgan fingerprint density at radius 2 is 1.81 bits per heavy atom. The van der Waals surface area contributed by atoms with Gasteiger partial charge in [0.25, 0.3) is 11.6 Å². The maximum Gasteiger partial charge on any atom is 0.282 e. The Hall–Kier alpha value is -1.95. The van der Waals surface area contributed by atoms with Gasteiger partial charge in [-0.05, 0) is 33.8 Å². The molecule has 1 N–H and O–H groups in total. The average molecular weight is 293 g/mol. The molecule has 0 spiro atoms. The molecule has 0 aliphatic carbocycles. The summed E-state index contributed by atoms with van der Waals surface area (Å²) in [7, 11) is 0. The van der Waals surface area contributed by atoms with Crippen molar-refractivity contribution in [2.75, 3.05) is 13.1 Å². The number of rotatable bonds is 7. The normalized spacial score (nSPS) is 11.2. The van der Waals surface area contributed by atoms with Crippen molar-refractivity contribution in [3.63, 3.8) is 0 Å². The van der Waals surface area contributed by atoms with E-state index in [1.54, 1.807) is 12.1 Å². The van der Waals surface area contributed by atoms with E-state index in [0.717, 1.165) is 0 Å². The Morgan fingerprint density at radius 1 is 1.24 bits per heavy atom. The molecule has 21 heavy (non-hydrogen) atoms. The van der Waals surface area contributed by atoms with Gasteiger partial charge in [-0.15, -0.1) is 0 Å². The summed E-state index contributed by atoms with van der Waals surface area (Å²) in [5, 5.41) is 13.7. The minimum absolute atomic E-state index is 0.100. The van der Waals surface area contributed by atoms with Crippen LogP contribution in [0.25, 0.3) is 0 Å². The van der Waals surface area contributed by atoms with E-state index in [1.165, 1.54) is 12.1 Å². The van der Waals surface area contributed by atoms with E-state index >= 15 is 0 Å². The lowest BCUT2D eigenvalue weighted by atomic mass is 10.1. The Morgan fingerprint density at radius 3 is 2.33 bits per heavy atom. The van der Waals surface area contributed by atoms with E-state index in [9.17, 15) is 14.9 Å². The molecular formula is C15H23N3O3. The van der Waals surface area contributed by atoms with Crippen LogP contribution in [0.5, 0.6) is 0 Å². The number of nitrogens with zero attached hydrogens (tertiary/aromatic N) is 2. The summed E-state index contributed by atoms with van der Waals surface area (Å²) in [5.41, 5.74) is -0.0669. The molecule has 6 heteroatoms. The highest BCUT2D eigenvalue weighted by Crippen LogP contribution is 2.17. The zero-order valence-corrected chi connectivity index (χ0v) is 13.0. The van der Waals surface area contributed by atoms with Crippen LogP contribution in [0.4, 0.5) is 5.69 Å². The van der Waals surface area contributed by atoms with Gasteiger partial charge in [0.05, 0.1) is 4.92 Å². The van der Waals surface area contributed by atoms with Crippen LogP contribution >= 0.6 is 0 Å². The molecule has 116 valence electrons.